The summed E-state index contributed by atoms with van der Waals surface area (Å²) in [5, 5.41) is 0. The van der Waals surface area contributed by atoms with Crippen molar-refractivity contribution in [3.8, 4) is 11.1 Å². The molecule has 5 aromatic carbocycles. The number of allylic oxidation sites excluding steroid dienone is 1. The second kappa shape index (κ2) is 12.0. The van der Waals surface area contributed by atoms with Crippen LogP contribution in [0.4, 0.5) is 0 Å². The van der Waals surface area contributed by atoms with E-state index in [1.807, 2.05) is 0 Å². The van der Waals surface area contributed by atoms with Gasteiger partial charge < -0.3 is 24.8 Å². The Labute approximate surface area is 257 Å². The fourth-order valence-electron chi connectivity index (χ4n) is 6.72. The smallest absolute Gasteiger partial charge is 1.00 e. The van der Waals surface area contributed by atoms with Gasteiger partial charge in [0.05, 0.1) is 0 Å². The van der Waals surface area contributed by atoms with Crippen LogP contribution in [0, 0.1) is 13.8 Å². The van der Waals surface area contributed by atoms with E-state index in [-0.39, 0.29) is 24.8 Å². The van der Waals surface area contributed by atoms with Gasteiger partial charge >= 0.3 is 235 Å². The largest absolute Gasteiger partial charge is 1.00 e. The molecule has 0 spiro atoms. The first-order chi connectivity index (χ1) is 18.7. The first-order valence-corrected chi connectivity index (χ1v) is 17.6. The number of hydrogen-bond acceptors (Lipinski definition) is 0. The van der Waals surface area contributed by atoms with Crippen LogP contribution < -0.4 is 24.8 Å². The van der Waals surface area contributed by atoms with Crippen molar-refractivity contribution in [2.75, 3.05) is 0 Å². The maximum absolute atomic E-state index is 2.69. The number of benzene rings is 5. The zero-order chi connectivity index (χ0) is 25.6. The van der Waals surface area contributed by atoms with Crippen LogP contribution in [0.1, 0.15) is 51.8 Å². The molecule has 1 atom stereocenters. The molecule has 1 unspecified atom stereocenters. The number of halogens is 2. The van der Waals surface area contributed by atoms with Crippen molar-refractivity contribution in [1.29, 1.82) is 0 Å². The fraction of sp³-hybridized carbons (Fsp3) is 0.108. The van der Waals surface area contributed by atoms with E-state index in [0.29, 0.717) is 7.25 Å². The molecule has 5 aromatic rings. The Morgan fingerprint density at radius 1 is 0.550 bits per heavy atom. The van der Waals surface area contributed by atoms with Crippen LogP contribution in [0.15, 0.2) is 127 Å². The second-order valence-corrected chi connectivity index (χ2v) is 16.9. The summed E-state index contributed by atoms with van der Waals surface area (Å²) in [7, 11) is 0. The fourth-order valence-corrected chi connectivity index (χ4v) is 16.9. The zero-order valence-corrected chi connectivity index (χ0v) is 26.6. The molecular weight excluding hydrogens is 607 g/mol. The van der Waals surface area contributed by atoms with E-state index in [9.17, 15) is 0 Å². The molecule has 0 heterocycles. The molecule has 0 saturated heterocycles. The maximum Gasteiger partial charge on any atom is -1.00 e. The van der Waals surface area contributed by atoms with E-state index in [2.05, 4.69) is 147 Å². The third-order valence-corrected chi connectivity index (χ3v) is 17.1. The van der Waals surface area contributed by atoms with Gasteiger partial charge in [0, 0.05) is 0 Å². The Morgan fingerprint density at radius 2 is 1.02 bits per heavy atom. The molecule has 0 saturated carbocycles. The molecule has 7 rings (SSSR count). The quantitative estimate of drug-likeness (QED) is 0.285. The number of aryl methyl sites for hydroxylation is 2. The Morgan fingerprint density at radius 3 is 1.57 bits per heavy atom. The molecule has 196 valence electrons. The van der Waals surface area contributed by atoms with Crippen molar-refractivity contribution < 1.29 is 46.1 Å². The summed E-state index contributed by atoms with van der Waals surface area (Å²) in [4.78, 5) is 0. The van der Waals surface area contributed by atoms with Gasteiger partial charge in [-0.25, -0.2) is 0 Å². The Kier molecular flexibility index (Phi) is 8.58. The number of fused-ring (bicyclic) bond motifs is 4. The summed E-state index contributed by atoms with van der Waals surface area (Å²) in [6.45, 7) is 4.59. The monoisotopic (exact) mass is 634 g/mol. The van der Waals surface area contributed by atoms with Crippen molar-refractivity contribution in [1.82, 2.24) is 0 Å². The molecule has 0 aliphatic heterocycles. The molecule has 0 bridgehead atoms. The van der Waals surface area contributed by atoms with E-state index >= 15 is 0 Å². The minimum absolute atomic E-state index is 0. The van der Waals surface area contributed by atoms with E-state index in [4.69, 9.17) is 0 Å². The average molecular weight is 637 g/mol. The summed E-state index contributed by atoms with van der Waals surface area (Å²) in [6, 6.07) is 45.6. The first kappa shape index (κ1) is 28.7. The molecule has 0 aromatic heterocycles. The summed E-state index contributed by atoms with van der Waals surface area (Å²) in [5.74, 6) is 0. The Balaban J connectivity index is 0.00000161. The third kappa shape index (κ3) is 4.73. The Hall–Kier alpha value is -2.83. The van der Waals surface area contributed by atoms with Crippen LogP contribution in [0.3, 0.4) is 0 Å². The predicted octanol–water partition coefficient (Wildman–Crippen LogP) is 3.04. The molecule has 0 nitrogen and oxygen atoms in total. The minimum atomic E-state index is -2.69. The third-order valence-electron chi connectivity index (χ3n) is 8.38. The van der Waals surface area contributed by atoms with Crippen LogP contribution in [-0.2, 0) is 21.3 Å². The van der Waals surface area contributed by atoms with E-state index in [0.717, 1.165) is 0 Å². The summed E-state index contributed by atoms with van der Waals surface area (Å²) in [6.07, 6.45) is 5.01. The van der Waals surface area contributed by atoms with Crippen LogP contribution in [-0.4, -0.2) is 3.21 Å². The standard InChI is InChI=1S/C13H9.C13H10.C11H11.2ClH.Zr/c1-3-7-12-10(5-1)9-11-6-2-4-8-13(11)12;1-3-7-12(8-4-1)11-13-9-5-2-6-10-13;1-8-6-7-9(2)11-5-3-4-10(8)11;;;/h1-9H;1-10H;3-7H,1-2H3;2*1H;/q;;;;;+2/p-2. The van der Waals surface area contributed by atoms with Crippen molar-refractivity contribution in [3.05, 3.63) is 172 Å². The van der Waals surface area contributed by atoms with Gasteiger partial charge in [-0.2, -0.15) is 0 Å². The molecule has 0 fully saturated rings. The van der Waals surface area contributed by atoms with Crippen LogP contribution >= 0.6 is 0 Å². The van der Waals surface area contributed by atoms with Gasteiger partial charge in [-0.15, -0.1) is 0 Å². The molecule has 40 heavy (non-hydrogen) atoms. The van der Waals surface area contributed by atoms with Gasteiger partial charge in [0.15, 0.2) is 0 Å². The van der Waals surface area contributed by atoms with E-state index in [1.165, 1.54) is 50.1 Å². The van der Waals surface area contributed by atoms with Crippen molar-refractivity contribution in [2.24, 2.45) is 0 Å². The van der Waals surface area contributed by atoms with Gasteiger partial charge in [0.2, 0.25) is 0 Å². The Bertz CT molecular complexity index is 1650. The molecular formula is C37H30Cl2Zr. The average Bonchev–Trinajstić information content (AvgIpc) is 3.56. The number of hydrogen-bond donors (Lipinski definition) is 0. The summed E-state index contributed by atoms with van der Waals surface area (Å²) < 4.78 is 2.53. The minimum Gasteiger partial charge on any atom is -1.00 e. The molecule has 2 aliphatic rings. The molecule has 0 amide bonds. The van der Waals surface area contributed by atoms with Gasteiger partial charge in [0.1, 0.15) is 0 Å². The molecule has 3 heteroatoms. The van der Waals surface area contributed by atoms with E-state index < -0.39 is 21.3 Å². The van der Waals surface area contributed by atoms with Crippen LogP contribution in [0.25, 0.3) is 17.2 Å². The van der Waals surface area contributed by atoms with Crippen LogP contribution in [0.2, 0.25) is 0 Å². The molecule has 0 radical (unpaired) electrons. The predicted molar refractivity (Wildman–Crippen MR) is 158 cm³/mol. The van der Waals surface area contributed by atoms with E-state index in [1.54, 1.807) is 8.77 Å². The van der Waals surface area contributed by atoms with Crippen molar-refractivity contribution >= 4 is 9.28 Å². The van der Waals surface area contributed by atoms with Gasteiger partial charge in [-0.1, -0.05) is 0 Å². The summed E-state index contributed by atoms with van der Waals surface area (Å²) in [5.41, 5.74) is 14.5. The normalized spacial score (nSPS) is 14.2. The van der Waals surface area contributed by atoms with Crippen molar-refractivity contribution in [2.45, 2.75) is 21.1 Å². The topological polar surface area (TPSA) is 0 Å². The zero-order valence-electron chi connectivity index (χ0n) is 22.6. The SMILES string of the molecule is Cc1ccc(C)c2c1C=C[CH]2[Zr+2](=[C](c1ccccc1)c1ccccc1)[CH]1c2ccccc2-c2ccccc21.[Cl-].[Cl-]. The maximum atomic E-state index is 2.58. The van der Waals surface area contributed by atoms with Gasteiger partial charge in [-0.3, -0.25) is 0 Å². The van der Waals surface area contributed by atoms with Gasteiger partial charge in [0.25, 0.3) is 0 Å². The van der Waals surface area contributed by atoms with Crippen LogP contribution in [0.5, 0.6) is 0 Å². The second-order valence-electron chi connectivity index (χ2n) is 10.5. The van der Waals surface area contributed by atoms with Crippen molar-refractivity contribution in [3.63, 3.8) is 0 Å². The first-order valence-electron chi connectivity index (χ1n) is 13.5. The van der Waals surface area contributed by atoms with Gasteiger partial charge in [-0.05, 0) is 0 Å². The molecule has 0 N–H and O–H groups in total. The summed E-state index contributed by atoms with van der Waals surface area (Å²) >= 11 is -2.69. The molecule has 2 aliphatic carbocycles. The number of rotatable bonds is 4.